The summed E-state index contributed by atoms with van der Waals surface area (Å²) < 4.78 is 5.44. The van der Waals surface area contributed by atoms with Gasteiger partial charge in [0.25, 0.3) is 0 Å². The summed E-state index contributed by atoms with van der Waals surface area (Å²) in [5, 5.41) is 4.12. The smallest absolute Gasteiger partial charge is 0.228 e. The van der Waals surface area contributed by atoms with Crippen LogP contribution in [0.15, 0.2) is 42.5 Å². The van der Waals surface area contributed by atoms with Gasteiger partial charge in [0.2, 0.25) is 5.91 Å². The van der Waals surface area contributed by atoms with Crippen LogP contribution in [0.3, 0.4) is 0 Å². The Morgan fingerprint density at radius 3 is 2.50 bits per heavy atom. The standard InChI is InChI=1S/C24H28N2O2/c1-15-18-9-7-8-10-20(18)25-16(2)19(15)14-23(27)26-21-13-17(24(3,4)5)11-12-22(21)28-6/h7-13H,14H2,1-6H3,(H,26,27). The number of anilines is 1. The number of pyridine rings is 1. The lowest BCUT2D eigenvalue weighted by molar-refractivity contribution is -0.115. The molecule has 1 amide bonds. The van der Waals surface area contributed by atoms with E-state index in [1.807, 2.05) is 49.4 Å². The number of hydrogen-bond donors (Lipinski definition) is 1. The first-order chi connectivity index (χ1) is 13.2. The molecule has 0 spiro atoms. The number of aromatic nitrogens is 1. The van der Waals surface area contributed by atoms with Crippen molar-refractivity contribution >= 4 is 22.5 Å². The summed E-state index contributed by atoms with van der Waals surface area (Å²) in [4.78, 5) is 17.5. The molecule has 0 saturated heterocycles. The summed E-state index contributed by atoms with van der Waals surface area (Å²) in [7, 11) is 1.61. The Morgan fingerprint density at radius 1 is 1.11 bits per heavy atom. The summed E-state index contributed by atoms with van der Waals surface area (Å²) in [6, 6.07) is 14.0. The predicted octanol–water partition coefficient (Wildman–Crippen LogP) is 5.34. The quantitative estimate of drug-likeness (QED) is 0.669. The highest BCUT2D eigenvalue weighted by Crippen LogP contribution is 2.32. The van der Waals surface area contributed by atoms with Crippen molar-refractivity contribution in [1.82, 2.24) is 4.98 Å². The van der Waals surface area contributed by atoms with Gasteiger partial charge in [-0.25, -0.2) is 0 Å². The van der Waals surface area contributed by atoms with Crippen LogP contribution in [0.1, 0.15) is 43.2 Å². The summed E-state index contributed by atoms with van der Waals surface area (Å²) in [6.45, 7) is 10.5. The second-order valence-corrected chi connectivity index (χ2v) is 8.21. The third-order valence-corrected chi connectivity index (χ3v) is 5.16. The Balaban J connectivity index is 1.90. The van der Waals surface area contributed by atoms with Crippen LogP contribution >= 0.6 is 0 Å². The van der Waals surface area contributed by atoms with Gasteiger partial charge in [0.15, 0.2) is 0 Å². The molecule has 0 unspecified atom stereocenters. The topological polar surface area (TPSA) is 51.2 Å². The monoisotopic (exact) mass is 376 g/mol. The first kappa shape index (κ1) is 19.9. The number of benzene rings is 2. The number of amides is 1. The lowest BCUT2D eigenvalue weighted by Crippen LogP contribution is -2.18. The molecule has 0 fully saturated rings. The van der Waals surface area contributed by atoms with Crippen molar-refractivity contribution in [3.8, 4) is 5.75 Å². The Labute approximate surface area is 166 Å². The fraction of sp³-hybridized carbons (Fsp3) is 0.333. The van der Waals surface area contributed by atoms with Crippen molar-refractivity contribution in [1.29, 1.82) is 0 Å². The third-order valence-electron chi connectivity index (χ3n) is 5.16. The Kier molecular flexibility index (Phi) is 5.41. The molecule has 0 saturated carbocycles. The van der Waals surface area contributed by atoms with Crippen molar-refractivity contribution < 1.29 is 9.53 Å². The van der Waals surface area contributed by atoms with Crippen molar-refractivity contribution in [2.75, 3.05) is 12.4 Å². The van der Waals surface area contributed by atoms with Crippen LogP contribution in [0.5, 0.6) is 5.75 Å². The highest BCUT2D eigenvalue weighted by molar-refractivity contribution is 5.95. The van der Waals surface area contributed by atoms with Gasteiger partial charge in [-0.3, -0.25) is 9.78 Å². The number of nitrogens with one attached hydrogen (secondary N) is 1. The van der Waals surface area contributed by atoms with Crippen LogP contribution in [-0.2, 0) is 16.6 Å². The molecule has 3 aromatic rings. The van der Waals surface area contributed by atoms with E-state index in [2.05, 4.69) is 38.0 Å². The highest BCUT2D eigenvalue weighted by atomic mass is 16.5. The molecule has 3 rings (SSSR count). The summed E-state index contributed by atoms with van der Waals surface area (Å²) in [5.74, 6) is 0.582. The molecule has 4 nitrogen and oxygen atoms in total. The van der Waals surface area contributed by atoms with Gasteiger partial charge in [-0.2, -0.15) is 0 Å². The SMILES string of the molecule is COc1ccc(C(C)(C)C)cc1NC(=O)Cc1c(C)nc2ccccc2c1C. The highest BCUT2D eigenvalue weighted by Gasteiger charge is 2.18. The summed E-state index contributed by atoms with van der Waals surface area (Å²) in [5.41, 5.74) is 5.76. The number of carbonyl (C=O) groups is 1. The second kappa shape index (κ2) is 7.63. The van der Waals surface area contributed by atoms with Crippen LogP contribution < -0.4 is 10.1 Å². The number of methoxy groups -OCH3 is 1. The van der Waals surface area contributed by atoms with Crippen LogP contribution in [0.25, 0.3) is 10.9 Å². The number of aryl methyl sites for hydroxylation is 2. The first-order valence-corrected chi connectivity index (χ1v) is 9.54. The Bertz CT molecular complexity index is 1030. The maximum Gasteiger partial charge on any atom is 0.228 e. The molecule has 1 N–H and O–H groups in total. The number of carbonyl (C=O) groups excluding carboxylic acids is 1. The van der Waals surface area contributed by atoms with E-state index in [9.17, 15) is 4.79 Å². The fourth-order valence-corrected chi connectivity index (χ4v) is 3.46. The van der Waals surface area contributed by atoms with E-state index in [1.165, 1.54) is 0 Å². The zero-order chi connectivity index (χ0) is 20.5. The van der Waals surface area contributed by atoms with Crippen LogP contribution in [0.4, 0.5) is 5.69 Å². The van der Waals surface area contributed by atoms with E-state index < -0.39 is 0 Å². The molecule has 28 heavy (non-hydrogen) atoms. The number of ether oxygens (including phenoxy) is 1. The van der Waals surface area contributed by atoms with E-state index in [-0.39, 0.29) is 17.7 Å². The molecule has 0 radical (unpaired) electrons. The minimum atomic E-state index is -0.0763. The van der Waals surface area contributed by atoms with Crippen LogP contribution in [0.2, 0.25) is 0 Å². The molecule has 0 atom stereocenters. The average Bonchev–Trinajstić information content (AvgIpc) is 2.64. The molecular formula is C24H28N2O2. The molecule has 2 aromatic carbocycles. The van der Waals surface area contributed by atoms with Gasteiger partial charge in [0.05, 0.1) is 24.7 Å². The number of nitrogens with zero attached hydrogens (tertiary/aromatic N) is 1. The van der Waals surface area contributed by atoms with Crippen molar-refractivity contribution in [2.45, 2.75) is 46.5 Å². The van der Waals surface area contributed by atoms with Gasteiger partial charge in [0.1, 0.15) is 5.75 Å². The predicted molar refractivity (Wildman–Crippen MR) is 115 cm³/mol. The first-order valence-electron chi connectivity index (χ1n) is 9.54. The maximum absolute atomic E-state index is 12.9. The third kappa shape index (κ3) is 4.01. The lowest BCUT2D eigenvalue weighted by atomic mass is 9.87. The van der Waals surface area contributed by atoms with Gasteiger partial charge in [-0.15, -0.1) is 0 Å². The van der Waals surface area contributed by atoms with Gasteiger partial charge in [0, 0.05) is 11.1 Å². The second-order valence-electron chi connectivity index (χ2n) is 8.21. The number of hydrogen-bond acceptors (Lipinski definition) is 3. The molecule has 0 aliphatic heterocycles. The summed E-state index contributed by atoms with van der Waals surface area (Å²) >= 11 is 0. The average molecular weight is 377 g/mol. The summed E-state index contributed by atoms with van der Waals surface area (Å²) in [6.07, 6.45) is 0.276. The van der Waals surface area contributed by atoms with Crippen molar-refractivity contribution in [3.05, 3.63) is 64.8 Å². The molecule has 4 heteroatoms. The van der Waals surface area contributed by atoms with Gasteiger partial charge in [-0.1, -0.05) is 45.0 Å². The van der Waals surface area contributed by atoms with E-state index >= 15 is 0 Å². The van der Waals surface area contributed by atoms with Crippen molar-refractivity contribution in [3.63, 3.8) is 0 Å². The van der Waals surface area contributed by atoms with Gasteiger partial charge >= 0.3 is 0 Å². The zero-order valence-electron chi connectivity index (χ0n) is 17.5. The molecule has 146 valence electrons. The van der Waals surface area contributed by atoms with Gasteiger partial charge < -0.3 is 10.1 Å². The van der Waals surface area contributed by atoms with Gasteiger partial charge in [-0.05, 0) is 54.2 Å². The Hall–Kier alpha value is -2.88. The molecule has 0 bridgehead atoms. The van der Waals surface area contributed by atoms with E-state index in [4.69, 9.17) is 4.74 Å². The zero-order valence-corrected chi connectivity index (χ0v) is 17.5. The van der Waals surface area contributed by atoms with Crippen LogP contribution in [0, 0.1) is 13.8 Å². The molecule has 0 aliphatic rings. The van der Waals surface area contributed by atoms with Crippen molar-refractivity contribution in [2.24, 2.45) is 0 Å². The number of rotatable bonds is 4. The minimum Gasteiger partial charge on any atom is -0.495 e. The minimum absolute atomic E-state index is 0.0127. The molecular weight excluding hydrogens is 348 g/mol. The van der Waals surface area contributed by atoms with E-state index in [0.29, 0.717) is 11.4 Å². The lowest BCUT2D eigenvalue weighted by Gasteiger charge is -2.21. The molecule has 0 aliphatic carbocycles. The molecule has 1 aromatic heterocycles. The fourth-order valence-electron chi connectivity index (χ4n) is 3.46. The largest absolute Gasteiger partial charge is 0.495 e. The maximum atomic E-state index is 12.9. The molecule has 1 heterocycles. The van der Waals surface area contributed by atoms with Crippen LogP contribution in [-0.4, -0.2) is 18.0 Å². The van der Waals surface area contributed by atoms with E-state index in [1.54, 1.807) is 7.11 Å². The normalized spacial score (nSPS) is 11.5. The van der Waals surface area contributed by atoms with E-state index in [0.717, 1.165) is 33.3 Å². The number of para-hydroxylation sites is 1. The Morgan fingerprint density at radius 2 is 1.82 bits per heavy atom. The number of fused-ring (bicyclic) bond motifs is 1.